The van der Waals surface area contributed by atoms with E-state index in [9.17, 15) is 18.0 Å². The van der Waals surface area contributed by atoms with Crippen LogP contribution in [0, 0.1) is 0 Å². The van der Waals surface area contributed by atoms with Crippen molar-refractivity contribution in [3.63, 3.8) is 0 Å². The van der Waals surface area contributed by atoms with Gasteiger partial charge in [-0.2, -0.15) is 13.2 Å². The number of hydrogen-bond acceptors (Lipinski definition) is 3. The smallest absolute Gasteiger partial charge is 0.417 e. The summed E-state index contributed by atoms with van der Waals surface area (Å²) in [4.78, 5) is 16.1. The molecule has 0 unspecified atom stereocenters. The number of carbonyl (C=O) groups excluding carboxylic acids is 1. The van der Waals surface area contributed by atoms with Crippen molar-refractivity contribution in [1.82, 2.24) is 10.3 Å². The quantitative estimate of drug-likeness (QED) is 0.690. The maximum absolute atomic E-state index is 12.6. The third kappa shape index (κ3) is 5.29. The van der Waals surface area contributed by atoms with Crippen molar-refractivity contribution < 1.29 is 22.7 Å². The van der Waals surface area contributed by atoms with Gasteiger partial charge in [-0.1, -0.05) is 23.2 Å². The van der Waals surface area contributed by atoms with Gasteiger partial charge in [0.15, 0.2) is 0 Å². The summed E-state index contributed by atoms with van der Waals surface area (Å²) < 4.78 is 43.4. The number of halogens is 5. The van der Waals surface area contributed by atoms with Crippen LogP contribution in [-0.4, -0.2) is 23.0 Å². The number of nitrogens with one attached hydrogen (secondary N) is 1. The molecule has 1 aliphatic rings. The number of carbonyl (C=O) groups is 1. The monoisotopic (exact) mass is 432 g/mol. The molecule has 0 radical (unpaired) electrons. The zero-order valence-corrected chi connectivity index (χ0v) is 16.1. The maximum atomic E-state index is 12.6. The van der Waals surface area contributed by atoms with Gasteiger partial charge in [-0.15, -0.1) is 0 Å². The number of amides is 1. The van der Waals surface area contributed by atoms with Crippen molar-refractivity contribution >= 4 is 29.1 Å². The molecular weight excluding hydrogens is 416 g/mol. The first-order valence-electron chi connectivity index (χ1n) is 8.68. The number of alkyl halides is 3. The number of aromatic nitrogens is 1. The summed E-state index contributed by atoms with van der Waals surface area (Å²) in [7, 11) is 0. The van der Waals surface area contributed by atoms with Gasteiger partial charge in [0.2, 0.25) is 5.88 Å². The Morgan fingerprint density at radius 2 is 1.82 bits per heavy atom. The van der Waals surface area contributed by atoms with Crippen LogP contribution in [0.3, 0.4) is 0 Å². The second kappa shape index (κ2) is 8.57. The van der Waals surface area contributed by atoms with Crippen LogP contribution in [0.2, 0.25) is 10.0 Å². The molecule has 1 aliphatic carbocycles. The molecule has 0 aliphatic heterocycles. The van der Waals surface area contributed by atoms with E-state index in [0.717, 1.165) is 12.3 Å². The molecule has 1 heterocycles. The summed E-state index contributed by atoms with van der Waals surface area (Å²) in [5, 5.41) is 3.68. The SMILES string of the molecule is O=C(NC1CCC(Oc2ccc(C(F)(F)F)cn2)CC1)c1ccc(Cl)cc1Cl. The largest absolute Gasteiger partial charge is 0.474 e. The topological polar surface area (TPSA) is 51.2 Å². The molecule has 1 fully saturated rings. The third-order valence-electron chi connectivity index (χ3n) is 4.54. The third-order valence-corrected chi connectivity index (χ3v) is 5.08. The summed E-state index contributed by atoms with van der Waals surface area (Å²) in [5.41, 5.74) is -0.453. The fraction of sp³-hybridized carbons (Fsp3) is 0.368. The van der Waals surface area contributed by atoms with E-state index in [2.05, 4.69) is 10.3 Å². The molecule has 150 valence electrons. The van der Waals surface area contributed by atoms with Gasteiger partial charge >= 0.3 is 6.18 Å². The van der Waals surface area contributed by atoms with Crippen LogP contribution < -0.4 is 10.1 Å². The first kappa shape index (κ1) is 20.7. The van der Waals surface area contributed by atoms with E-state index in [4.69, 9.17) is 27.9 Å². The molecule has 1 amide bonds. The first-order valence-corrected chi connectivity index (χ1v) is 9.44. The van der Waals surface area contributed by atoms with Gasteiger partial charge in [0, 0.05) is 23.3 Å². The Hall–Kier alpha value is -1.99. The zero-order chi connectivity index (χ0) is 20.3. The molecule has 28 heavy (non-hydrogen) atoms. The maximum Gasteiger partial charge on any atom is 0.417 e. The highest BCUT2D eigenvalue weighted by molar-refractivity contribution is 6.36. The molecule has 4 nitrogen and oxygen atoms in total. The number of rotatable bonds is 4. The van der Waals surface area contributed by atoms with Crippen LogP contribution in [0.1, 0.15) is 41.6 Å². The van der Waals surface area contributed by atoms with Gasteiger partial charge in [-0.25, -0.2) is 4.98 Å². The number of hydrogen-bond donors (Lipinski definition) is 1. The molecule has 0 bridgehead atoms. The Kier molecular flexibility index (Phi) is 6.35. The normalized spacial score (nSPS) is 19.9. The van der Waals surface area contributed by atoms with Crippen molar-refractivity contribution in [2.45, 2.75) is 44.0 Å². The predicted octanol–water partition coefficient (Wildman–Crippen LogP) is 5.53. The molecule has 0 saturated heterocycles. The minimum absolute atomic E-state index is 0.0281. The summed E-state index contributed by atoms with van der Waals surface area (Å²) >= 11 is 11.9. The van der Waals surface area contributed by atoms with E-state index in [0.29, 0.717) is 36.3 Å². The van der Waals surface area contributed by atoms with Crippen LogP contribution in [0.25, 0.3) is 0 Å². The van der Waals surface area contributed by atoms with E-state index in [1.807, 2.05) is 0 Å². The summed E-state index contributed by atoms with van der Waals surface area (Å²) in [5.74, 6) is -0.108. The van der Waals surface area contributed by atoms with Crippen molar-refractivity contribution in [1.29, 1.82) is 0 Å². The fourth-order valence-corrected chi connectivity index (χ4v) is 3.54. The first-order chi connectivity index (χ1) is 13.2. The highest BCUT2D eigenvalue weighted by atomic mass is 35.5. The lowest BCUT2D eigenvalue weighted by Crippen LogP contribution is -2.39. The Morgan fingerprint density at radius 1 is 1.11 bits per heavy atom. The minimum Gasteiger partial charge on any atom is -0.474 e. The van der Waals surface area contributed by atoms with Gasteiger partial charge in [-0.3, -0.25) is 4.79 Å². The lowest BCUT2D eigenvalue weighted by atomic mass is 9.92. The van der Waals surface area contributed by atoms with Crippen molar-refractivity contribution in [3.8, 4) is 5.88 Å². The summed E-state index contributed by atoms with van der Waals surface area (Å²) in [6, 6.07) is 6.83. The van der Waals surface area contributed by atoms with Gasteiger partial charge in [-0.05, 0) is 49.9 Å². The number of nitrogens with zero attached hydrogens (tertiary/aromatic N) is 1. The second-order valence-electron chi connectivity index (χ2n) is 6.57. The van der Waals surface area contributed by atoms with Crippen LogP contribution in [-0.2, 0) is 6.18 Å². The van der Waals surface area contributed by atoms with Gasteiger partial charge in [0.1, 0.15) is 6.10 Å². The van der Waals surface area contributed by atoms with Crippen molar-refractivity contribution in [3.05, 3.63) is 57.7 Å². The standard InChI is InChI=1S/C19H17Cl2F3N2O2/c20-12-2-7-15(16(21)9-12)18(27)26-13-3-5-14(6-4-13)28-17-8-1-11(10-25-17)19(22,23)24/h1-2,7-10,13-14H,3-6H2,(H,26,27). The molecule has 3 rings (SSSR count). The van der Waals surface area contributed by atoms with E-state index in [1.54, 1.807) is 12.1 Å². The fourth-order valence-electron chi connectivity index (χ4n) is 3.05. The lowest BCUT2D eigenvalue weighted by molar-refractivity contribution is -0.137. The summed E-state index contributed by atoms with van der Waals surface area (Å²) in [6.45, 7) is 0. The van der Waals surface area contributed by atoms with E-state index in [-0.39, 0.29) is 29.0 Å². The molecule has 1 aromatic heterocycles. The Labute approximate surface area is 170 Å². The number of pyridine rings is 1. The second-order valence-corrected chi connectivity index (χ2v) is 7.42. The molecule has 2 aromatic rings. The Morgan fingerprint density at radius 3 is 2.39 bits per heavy atom. The minimum atomic E-state index is -4.42. The Balaban J connectivity index is 1.50. The Bertz CT molecular complexity index is 836. The van der Waals surface area contributed by atoms with Crippen LogP contribution >= 0.6 is 23.2 Å². The highest BCUT2D eigenvalue weighted by Crippen LogP contribution is 2.30. The van der Waals surface area contributed by atoms with Gasteiger partial charge < -0.3 is 10.1 Å². The molecule has 1 saturated carbocycles. The average molecular weight is 433 g/mol. The highest BCUT2D eigenvalue weighted by Gasteiger charge is 2.31. The predicted molar refractivity (Wildman–Crippen MR) is 99.8 cm³/mol. The van der Waals surface area contributed by atoms with Crippen LogP contribution in [0.4, 0.5) is 13.2 Å². The van der Waals surface area contributed by atoms with Gasteiger partial charge in [0.05, 0.1) is 16.1 Å². The zero-order valence-electron chi connectivity index (χ0n) is 14.6. The molecule has 0 atom stereocenters. The van der Waals surface area contributed by atoms with Crippen LogP contribution in [0.5, 0.6) is 5.88 Å². The lowest BCUT2D eigenvalue weighted by Gasteiger charge is -2.29. The molecular formula is C19H17Cl2F3N2O2. The van der Waals surface area contributed by atoms with E-state index >= 15 is 0 Å². The molecule has 1 aromatic carbocycles. The molecule has 0 spiro atoms. The average Bonchev–Trinajstić information content (AvgIpc) is 2.63. The summed E-state index contributed by atoms with van der Waals surface area (Å²) in [6.07, 6.45) is -1.14. The van der Waals surface area contributed by atoms with Crippen molar-refractivity contribution in [2.75, 3.05) is 0 Å². The number of ether oxygens (including phenoxy) is 1. The van der Waals surface area contributed by atoms with Gasteiger partial charge in [0.25, 0.3) is 5.91 Å². The molecule has 1 N–H and O–H groups in total. The van der Waals surface area contributed by atoms with Crippen molar-refractivity contribution in [2.24, 2.45) is 0 Å². The molecule has 9 heteroatoms. The van der Waals surface area contributed by atoms with E-state index < -0.39 is 11.7 Å². The van der Waals surface area contributed by atoms with Crippen LogP contribution in [0.15, 0.2) is 36.5 Å². The number of benzene rings is 1. The van der Waals surface area contributed by atoms with E-state index in [1.165, 1.54) is 12.1 Å².